The molecule has 1 aromatic carbocycles. The third-order valence-corrected chi connectivity index (χ3v) is 2.59. The zero-order valence-corrected chi connectivity index (χ0v) is 11.0. The lowest BCUT2D eigenvalue weighted by molar-refractivity contribution is -0.393. The number of amides is 1. The summed E-state index contributed by atoms with van der Waals surface area (Å²) in [5.41, 5.74) is -1.13. The second-order valence-corrected chi connectivity index (χ2v) is 4.05. The smallest absolute Gasteiger partial charge is 0.299 e. The second kappa shape index (κ2) is 6.31. The molecule has 0 saturated carbocycles. The highest BCUT2D eigenvalue weighted by atomic mass is 16.6. The molecule has 0 unspecified atom stereocenters. The summed E-state index contributed by atoms with van der Waals surface area (Å²) in [4.78, 5) is 31.7. The van der Waals surface area contributed by atoms with Crippen LogP contribution in [0, 0.1) is 20.2 Å². The molecule has 0 saturated heterocycles. The number of hydrogen-bond acceptors (Lipinski definition) is 6. The Morgan fingerprint density at radius 1 is 1.18 bits per heavy atom. The number of benzene rings is 1. The number of nitro groups is 2. The van der Waals surface area contributed by atoms with Crippen molar-refractivity contribution in [3.63, 3.8) is 0 Å². The van der Waals surface area contributed by atoms with Crippen LogP contribution < -0.4 is 5.32 Å². The van der Waals surface area contributed by atoms with Gasteiger partial charge in [0.2, 0.25) is 5.91 Å². The van der Waals surface area contributed by atoms with Crippen molar-refractivity contribution >= 4 is 29.0 Å². The van der Waals surface area contributed by atoms with Crippen molar-refractivity contribution < 1.29 is 19.1 Å². The normalized spacial score (nSPS) is 10.5. The highest BCUT2D eigenvalue weighted by molar-refractivity contribution is 6.03. The first-order valence-electron chi connectivity index (χ1n) is 5.93. The Hall–Kier alpha value is -3.49. The Balaban J connectivity index is 2.19. The summed E-state index contributed by atoms with van der Waals surface area (Å²) >= 11 is 0. The van der Waals surface area contributed by atoms with Crippen molar-refractivity contribution in [2.24, 2.45) is 0 Å². The monoisotopic (exact) mass is 303 g/mol. The van der Waals surface area contributed by atoms with Gasteiger partial charge in [0, 0.05) is 12.1 Å². The van der Waals surface area contributed by atoms with Crippen LogP contribution in [0.4, 0.5) is 17.1 Å². The summed E-state index contributed by atoms with van der Waals surface area (Å²) < 4.78 is 4.99. The summed E-state index contributed by atoms with van der Waals surface area (Å²) in [6, 6.07) is 6.22. The van der Waals surface area contributed by atoms with Crippen molar-refractivity contribution in [2.45, 2.75) is 0 Å². The van der Waals surface area contributed by atoms with Gasteiger partial charge in [-0.05, 0) is 24.3 Å². The number of nitro benzene ring substituents is 2. The van der Waals surface area contributed by atoms with E-state index in [-0.39, 0.29) is 5.69 Å². The number of furan rings is 1. The molecule has 1 heterocycles. The predicted molar refractivity (Wildman–Crippen MR) is 76.1 cm³/mol. The van der Waals surface area contributed by atoms with Crippen molar-refractivity contribution in [3.05, 3.63) is 68.7 Å². The number of carbonyl (C=O) groups excluding carboxylic acids is 1. The fourth-order valence-electron chi connectivity index (χ4n) is 1.61. The zero-order chi connectivity index (χ0) is 16.1. The van der Waals surface area contributed by atoms with Gasteiger partial charge in [-0.3, -0.25) is 25.0 Å². The van der Waals surface area contributed by atoms with Gasteiger partial charge in [-0.25, -0.2) is 0 Å². The Morgan fingerprint density at radius 2 is 1.95 bits per heavy atom. The van der Waals surface area contributed by atoms with Crippen LogP contribution >= 0.6 is 0 Å². The maximum atomic E-state index is 11.7. The van der Waals surface area contributed by atoms with E-state index in [9.17, 15) is 25.0 Å². The predicted octanol–water partition coefficient (Wildman–Crippen LogP) is 2.75. The van der Waals surface area contributed by atoms with Gasteiger partial charge in [0.1, 0.15) is 11.4 Å². The summed E-state index contributed by atoms with van der Waals surface area (Å²) in [7, 11) is 0. The minimum absolute atomic E-state index is 0.135. The number of nitrogens with one attached hydrogen (secondary N) is 1. The molecule has 0 aliphatic heterocycles. The van der Waals surface area contributed by atoms with Crippen LogP contribution in [0.1, 0.15) is 5.76 Å². The molecule has 1 aromatic heterocycles. The first-order chi connectivity index (χ1) is 10.5. The largest absolute Gasteiger partial charge is 0.465 e. The summed E-state index contributed by atoms with van der Waals surface area (Å²) in [6.07, 6.45) is 3.94. The van der Waals surface area contributed by atoms with Gasteiger partial charge >= 0.3 is 0 Å². The molecule has 0 spiro atoms. The van der Waals surface area contributed by atoms with Crippen molar-refractivity contribution in [3.8, 4) is 0 Å². The standard InChI is InChI=1S/C13H9N3O6/c17-13(6-4-10-2-1-7-22-10)14-11-5-3-9(15(18)19)8-12(11)16(20)21/h1-8H,(H,14,17). The third kappa shape index (κ3) is 3.54. The van der Waals surface area contributed by atoms with E-state index in [1.807, 2.05) is 0 Å². The zero-order valence-electron chi connectivity index (χ0n) is 11.0. The second-order valence-electron chi connectivity index (χ2n) is 4.05. The number of nitrogens with zero attached hydrogens (tertiary/aromatic N) is 2. The van der Waals surface area contributed by atoms with Gasteiger partial charge in [0.15, 0.2) is 0 Å². The van der Waals surface area contributed by atoms with Crippen LogP contribution in [0.2, 0.25) is 0 Å². The lowest BCUT2D eigenvalue weighted by atomic mass is 10.2. The van der Waals surface area contributed by atoms with Gasteiger partial charge in [0.05, 0.1) is 22.2 Å². The quantitative estimate of drug-likeness (QED) is 0.513. The summed E-state index contributed by atoms with van der Waals surface area (Å²) in [5.74, 6) is -0.193. The van der Waals surface area contributed by atoms with Gasteiger partial charge in [-0.15, -0.1) is 0 Å². The Morgan fingerprint density at radius 3 is 2.55 bits per heavy atom. The van der Waals surface area contributed by atoms with Crippen molar-refractivity contribution in [1.29, 1.82) is 0 Å². The molecule has 1 amide bonds. The maximum Gasteiger partial charge on any atom is 0.299 e. The van der Waals surface area contributed by atoms with E-state index in [1.165, 1.54) is 12.3 Å². The molecule has 0 atom stereocenters. The highest BCUT2D eigenvalue weighted by Crippen LogP contribution is 2.28. The van der Waals surface area contributed by atoms with E-state index in [2.05, 4.69) is 5.32 Å². The Kier molecular flexibility index (Phi) is 4.27. The SMILES string of the molecule is O=C(C=Cc1ccco1)Nc1ccc([N+](=O)[O-])cc1[N+](=O)[O-]. The number of hydrogen-bond donors (Lipinski definition) is 1. The van der Waals surface area contributed by atoms with E-state index in [0.29, 0.717) is 5.76 Å². The number of rotatable bonds is 5. The molecule has 112 valence electrons. The third-order valence-electron chi connectivity index (χ3n) is 2.59. The maximum absolute atomic E-state index is 11.7. The molecule has 9 nitrogen and oxygen atoms in total. The Bertz CT molecular complexity index is 751. The first-order valence-corrected chi connectivity index (χ1v) is 5.93. The molecule has 9 heteroatoms. The molecule has 22 heavy (non-hydrogen) atoms. The number of carbonyl (C=O) groups is 1. The fraction of sp³-hybridized carbons (Fsp3) is 0. The van der Waals surface area contributed by atoms with Gasteiger partial charge < -0.3 is 9.73 Å². The van der Waals surface area contributed by atoms with Gasteiger partial charge in [-0.2, -0.15) is 0 Å². The van der Waals surface area contributed by atoms with E-state index in [1.54, 1.807) is 12.1 Å². The molecule has 0 bridgehead atoms. The molecule has 0 aliphatic rings. The van der Waals surface area contributed by atoms with E-state index < -0.39 is 27.1 Å². The molecule has 2 aromatic rings. The van der Waals surface area contributed by atoms with E-state index in [0.717, 1.165) is 24.3 Å². The molecule has 0 aliphatic carbocycles. The molecule has 0 fully saturated rings. The number of anilines is 1. The average Bonchev–Trinajstić information content (AvgIpc) is 2.98. The fourth-order valence-corrected chi connectivity index (χ4v) is 1.61. The van der Waals surface area contributed by atoms with Crippen molar-refractivity contribution in [1.82, 2.24) is 0 Å². The number of non-ortho nitro benzene ring substituents is 1. The van der Waals surface area contributed by atoms with Crippen LogP contribution in [-0.2, 0) is 4.79 Å². The summed E-state index contributed by atoms with van der Waals surface area (Å²) in [6.45, 7) is 0. The highest BCUT2D eigenvalue weighted by Gasteiger charge is 2.20. The van der Waals surface area contributed by atoms with Gasteiger partial charge in [0.25, 0.3) is 11.4 Å². The molecular weight excluding hydrogens is 294 g/mol. The molecule has 0 radical (unpaired) electrons. The topological polar surface area (TPSA) is 129 Å². The minimum atomic E-state index is -0.807. The van der Waals surface area contributed by atoms with E-state index >= 15 is 0 Å². The van der Waals surface area contributed by atoms with Crippen molar-refractivity contribution in [2.75, 3.05) is 5.32 Å². The lowest BCUT2D eigenvalue weighted by Crippen LogP contribution is -2.09. The average molecular weight is 303 g/mol. The van der Waals surface area contributed by atoms with Crippen LogP contribution in [-0.4, -0.2) is 15.8 Å². The van der Waals surface area contributed by atoms with Crippen LogP contribution in [0.25, 0.3) is 6.08 Å². The van der Waals surface area contributed by atoms with Crippen LogP contribution in [0.3, 0.4) is 0 Å². The minimum Gasteiger partial charge on any atom is -0.465 e. The van der Waals surface area contributed by atoms with E-state index in [4.69, 9.17) is 4.42 Å². The Labute approximate surface area is 123 Å². The van der Waals surface area contributed by atoms with Crippen LogP contribution in [0.5, 0.6) is 0 Å². The molecule has 2 rings (SSSR count). The van der Waals surface area contributed by atoms with Crippen LogP contribution in [0.15, 0.2) is 47.1 Å². The summed E-state index contributed by atoms with van der Waals surface area (Å²) in [5, 5.41) is 23.8. The molecular formula is C13H9N3O6. The van der Waals surface area contributed by atoms with Gasteiger partial charge in [-0.1, -0.05) is 0 Å². The first kappa shape index (κ1) is 14.9. The molecule has 1 N–H and O–H groups in total. The lowest BCUT2D eigenvalue weighted by Gasteiger charge is -2.03.